The van der Waals surface area contributed by atoms with E-state index < -0.39 is 16.4 Å². The van der Waals surface area contributed by atoms with Crippen molar-refractivity contribution >= 4 is 6.08 Å². The predicted molar refractivity (Wildman–Crippen MR) is 52.4 cm³/mol. The van der Waals surface area contributed by atoms with Crippen molar-refractivity contribution in [1.82, 2.24) is 0 Å². The van der Waals surface area contributed by atoms with E-state index in [-0.39, 0.29) is 5.75 Å². The molecular weight excluding hydrogens is 202 g/mol. The first kappa shape index (κ1) is 10.8. The molecule has 6 heteroatoms. The Morgan fingerprint density at radius 2 is 2.13 bits per heavy atom. The summed E-state index contributed by atoms with van der Waals surface area (Å²) < 4.78 is 4.76. The molecule has 6 nitrogen and oxygen atoms in total. The Kier molecular flexibility index (Phi) is 3.12. The van der Waals surface area contributed by atoms with Gasteiger partial charge < -0.3 is 14.9 Å². The number of hydrogen-bond donors (Lipinski definition) is 2. The maximum atomic E-state index is 10.1. The first-order valence-corrected chi connectivity index (χ1v) is 3.96. The van der Waals surface area contributed by atoms with E-state index in [1.165, 1.54) is 25.3 Å². The van der Waals surface area contributed by atoms with E-state index in [0.717, 1.165) is 6.20 Å². The van der Waals surface area contributed by atoms with Crippen LogP contribution < -0.4 is 4.74 Å². The number of phenols is 2. The van der Waals surface area contributed by atoms with Crippen LogP contribution >= 0.6 is 0 Å². The van der Waals surface area contributed by atoms with E-state index in [1.807, 2.05) is 0 Å². The van der Waals surface area contributed by atoms with Gasteiger partial charge in [0.2, 0.25) is 11.9 Å². The highest BCUT2D eigenvalue weighted by Crippen LogP contribution is 2.36. The zero-order valence-corrected chi connectivity index (χ0v) is 7.88. The summed E-state index contributed by atoms with van der Waals surface area (Å²) in [4.78, 5) is 9.43. The molecule has 0 aliphatic rings. The van der Waals surface area contributed by atoms with E-state index in [2.05, 4.69) is 0 Å². The number of aromatic hydroxyl groups is 2. The van der Waals surface area contributed by atoms with Gasteiger partial charge in [-0.25, -0.2) is 0 Å². The zero-order chi connectivity index (χ0) is 11.4. The molecule has 0 aliphatic heterocycles. The van der Waals surface area contributed by atoms with Crippen LogP contribution in [0.3, 0.4) is 0 Å². The average Bonchev–Trinajstić information content (AvgIpc) is 2.19. The van der Waals surface area contributed by atoms with E-state index in [0.29, 0.717) is 5.56 Å². The molecule has 0 aliphatic carbocycles. The molecule has 0 unspecified atom stereocenters. The highest BCUT2D eigenvalue weighted by Gasteiger charge is 2.08. The summed E-state index contributed by atoms with van der Waals surface area (Å²) in [6.45, 7) is 0. The monoisotopic (exact) mass is 211 g/mol. The smallest absolute Gasteiger partial charge is 0.235 e. The fourth-order valence-corrected chi connectivity index (χ4v) is 1.01. The van der Waals surface area contributed by atoms with Gasteiger partial charge in [0.1, 0.15) is 0 Å². The predicted octanol–water partition coefficient (Wildman–Crippen LogP) is 1.35. The standard InChI is InChI=1S/C9H9NO5/c1-15-8-5-6(2-3-10(13)14)4-7(11)9(8)12/h2-5,11-12H,1H3/b3-2+. The van der Waals surface area contributed by atoms with Crippen LogP contribution in [-0.4, -0.2) is 22.2 Å². The zero-order valence-electron chi connectivity index (χ0n) is 7.88. The molecule has 0 bridgehead atoms. The molecule has 0 fully saturated rings. The van der Waals surface area contributed by atoms with Crippen molar-refractivity contribution < 1.29 is 19.9 Å². The Morgan fingerprint density at radius 1 is 1.47 bits per heavy atom. The normalized spacial score (nSPS) is 10.5. The lowest BCUT2D eigenvalue weighted by Gasteiger charge is -2.05. The first-order valence-electron chi connectivity index (χ1n) is 3.96. The second-order valence-corrected chi connectivity index (χ2v) is 2.69. The fourth-order valence-electron chi connectivity index (χ4n) is 1.01. The number of rotatable bonds is 3. The lowest BCUT2D eigenvalue weighted by atomic mass is 10.2. The lowest BCUT2D eigenvalue weighted by molar-refractivity contribution is -0.400. The quantitative estimate of drug-likeness (QED) is 0.447. The van der Waals surface area contributed by atoms with Crippen LogP contribution in [0.15, 0.2) is 18.3 Å². The van der Waals surface area contributed by atoms with Crippen LogP contribution in [0.1, 0.15) is 5.56 Å². The van der Waals surface area contributed by atoms with Gasteiger partial charge >= 0.3 is 0 Å². The maximum absolute atomic E-state index is 10.1. The van der Waals surface area contributed by atoms with E-state index in [1.54, 1.807) is 0 Å². The molecular formula is C9H9NO5. The summed E-state index contributed by atoms with van der Waals surface area (Å²) in [5, 5.41) is 28.6. The van der Waals surface area contributed by atoms with Gasteiger partial charge in [0.05, 0.1) is 12.0 Å². The second-order valence-electron chi connectivity index (χ2n) is 2.69. The second kappa shape index (κ2) is 4.32. The Balaban J connectivity index is 3.11. The Morgan fingerprint density at radius 3 is 2.67 bits per heavy atom. The Bertz CT molecular complexity index is 413. The van der Waals surface area contributed by atoms with Gasteiger partial charge in [-0.3, -0.25) is 10.1 Å². The third kappa shape index (κ3) is 2.60. The molecule has 0 heterocycles. The molecule has 0 spiro atoms. The van der Waals surface area contributed by atoms with Crippen LogP contribution in [0, 0.1) is 10.1 Å². The van der Waals surface area contributed by atoms with Crippen molar-refractivity contribution in [3.63, 3.8) is 0 Å². The molecule has 0 saturated carbocycles. The van der Waals surface area contributed by atoms with Crippen LogP contribution in [0.2, 0.25) is 0 Å². The molecule has 15 heavy (non-hydrogen) atoms. The van der Waals surface area contributed by atoms with Gasteiger partial charge in [0.25, 0.3) is 0 Å². The SMILES string of the molecule is COc1cc(/C=C/[N+](=O)[O-])cc(O)c1O. The Hall–Kier alpha value is -2.24. The molecule has 1 rings (SSSR count). The van der Waals surface area contributed by atoms with Crippen molar-refractivity contribution in [2.24, 2.45) is 0 Å². The van der Waals surface area contributed by atoms with Crippen molar-refractivity contribution in [3.8, 4) is 17.2 Å². The van der Waals surface area contributed by atoms with Crippen LogP contribution in [0.5, 0.6) is 17.2 Å². The molecule has 0 saturated heterocycles. The highest BCUT2D eigenvalue weighted by molar-refractivity contribution is 5.60. The number of phenolic OH excluding ortho intramolecular Hbond substituents is 2. The summed E-state index contributed by atoms with van der Waals surface area (Å²) in [7, 11) is 1.31. The highest BCUT2D eigenvalue weighted by atomic mass is 16.6. The molecule has 1 aromatic carbocycles. The number of nitrogens with zero attached hydrogens (tertiary/aromatic N) is 1. The van der Waals surface area contributed by atoms with Crippen molar-refractivity contribution in [2.75, 3.05) is 7.11 Å². The fraction of sp³-hybridized carbons (Fsp3) is 0.111. The number of nitro groups is 1. The van der Waals surface area contributed by atoms with E-state index in [9.17, 15) is 20.3 Å². The molecule has 0 aromatic heterocycles. The van der Waals surface area contributed by atoms with Crippen molar-refractivity contribution in [3.05, 3.63) is 34.0 Å². The van der Waals surface area contributed by atoms with E-state index in [4.69, 9.17) is 4.74 Å². The first-order chi connectivity index (χ1) is 7.04. The molecule has 80 valence electrons. The minimum atomic E-state index is -0.629. The van der Waals surface area contributed by atoms with Gasteiger partial charge in [-0.1, -0.05) is 0 Å². The van der Waals surface area contributed by atoms with Crippen LogP contribution in [-0.2, 0) is 0 Å². The molecule has 2 N–H and O–H groups in total. The lowest BCUT2D eigenvalue weighted by Crippen LogP contribution is -1.86. The molecule has 1 aromatic rings. The summed E-state index contributed by atoms with van der Waals surface area (Å²) in [5.74, 6) is -0.730. The van der Waals surface area contributed by atoms with Gasteiger partial charge in [0, 0.05) is 6.08 Å². The Labute approximate surface area is 85.2 Å². The maximum Gasteiger partial charge on any atom is 0.235 e. The third-order valence-electron chi connectivity index (χ3n) is 1.69. The minimum absolute atomic E-state index is 0.0537. The van der Waals surface area contributed by atoms with Crippen molar-refractivity contribution in [2.45, 2.75) is 0 Å². The number of benzene rings is 1. The summed E-state index contributed by atoms with van der Waals surface area (Å²) in [6.07, 6.45) is 1.91. The third-order valence-corrected chi connectivity index (χ3v) is 1.69. The van der Waals surface area contributed by atoms with Gasteiger partial charge in [-0.05, 0) is 17.7 Å². The van der Waals surface area contributed by atoms with Crippen LogP contribution in [0.4, 0.5) is 0 Å². The minimum Gasteiger partial charge on any atom is -0.504 e. The number of hydrogen-bond acceptors (Lipinski definition) is 5. The van der Waals surface area contributed by atoms with Crippen LogP contribution in [0.25, 0.3) is 6.08 Å². The number of methoxy groups -OCH3 is 1. The topological polar surface area (TPSA) is 92.8 Å². The molecule has 0 amide bonds. The van der Waals surface area contributed by atoms with Gasteiger partial charge in [-0.15, -0.1) is 0 Å². The number of ether oxygens (including phenoxy) is 1. The molecule has 0 atom stereocenters. The van der Waals surface area contributed by atoms with Crippen molar-refractivity contribution in [1.29, 1.82) is 0 Å². The summed E-state index contributed by atoms with van der Waals surface area (Å²) in [5.41, 5.74) is 0.360. The summed E-state index contributed by atoms with van der Waals surface area (Å²) in [6, 6.07) is 2.56. The molecule has 0 radical (unpaired) electrons. The summed E-state index contributed by atoms with van der Waals surface area (Å²) >= 11 is 0. The van der Waals surface area contributed by atoms with Gasteiger partial charge in [-0.2, -0.15) is 0 Å². The van der Waals surface area contributed by atoms with Gasteiger partial charge in [0.15, 0.2) is 11.5 Å². The van der Waals surface area contributed by atoms with E-state index >= 15 is 0 Å². The average molecular weight is 211 g/mol. The largest absolute Gasteiger partial charge is 0.504 e.